The lowest BCUT2D eigenvalue weighted by atomic mass is 9.65. The fraction of sp³-hybridized carbons (Fsp3) is 1.00. The molecule has 0 bridgehead atoms. The van der Waals surface area contributed by atoms with Gasteiger partial charge in [-0.15, -0.1) is 0 Å². The first kappa shape index (κ1) is 14.8. The van der Waals surface area contributed by atoms with Gasteiger partial charge in [-0.3, -0.25) is 4.90 Å². The summed E-state index contributed by atoms with van der Waals surface area (Å²) in [5.74, 6) is 0.781. The third-order valence-electron chi connectivity index (χ3n) is 6.96. The van der Waals surface area contributed by atoms with Gasteiger partial charge in [-0.25, -0.2) is 0 Å². The van der Waals surface area contributed by atoms with Crippen LogP contribution >= 0.6 is 0 Å². The van der Waals surface area contributed by atoms with Crippen LogP contribution in [0.1, 0.15) is 78.1 Å². The molecule has 2 aliphatic carbocycles. The van der Waals surface area contributed by atoms with Gasteiger partial charge in [0.2, 0.25) is 0 Å². The highest BCUT2D eigenvalue weighted by Gasteiger charge is 2.48. The van der Waals surface area contributed by atoms with Crippen LogP contribution in [0.25, 0.3) is 0 Å². The smallest absolute Gasteiger partial charge is 0.0335 e. The van der Waals surface area contributed by atoms with Crippen LogP contribution in [0.2, 0.25) is 0 Å². The van der Waals surface area contributed by atoms with E-state index in [1.807, 2.05) is 0 Å². The van der Waals surface area contributed by atoms with Crippen molar-refractivity contribution < 1.29 is 0 Å². The van der Waals surface area contributed by atoms with E-state index in [2.05, 4.69) is 18.7 Å². The zero-order valence-electron chi connectivity index (χ0n) is 13.7. The van der Waals surface area contributed by atoms with Crippen LogP contribution in [-0.4, -0.2) is 29.6 Å². The van der Waals surface area contributed by atoms with E-state index in [1.54, 1.807) is 0 Å². The average molecular weight is 278 g/mol. The van der Waals surface area contributed by atoms with Crippen LogP contribution in [0, 0.1) is 11.3 Å². The number of hydrogen-bond acceptors (Lipinski definition) is 2. The summed E-state index contributed by atoms with van der Waals surface area (Å²) in [4.78, 5) is 2.85. The first-order valence-corrected chi connectivity index (χ1v) is 9.08. The van der Waals surface area contributed by atoms with Crippen molar-refractivity contribution in [3.63, 3.8) is 0 Å². The second-order valence-corrected chi connectivity index (χ2v) is 8.28. The van der Waals surface area contributed by atoms with Crippen molar-refractivity contribution in [2.45, 2.75) is 89.6 Å². The minimum atomic E-state index is 0.347. The van der Waals surface area contributed by atoms with Crippen molar-refractivity contribution >= 4 is 0 Å². The predicted octanol–water partition coefficient (Wildman–Crippen LogP) is 3.94. The van der Waals surface area contributed by atoms with Crippen molar-refractivity contribution in [2.24, 2.45) is 17.1 Å². The minimum Gasteiger partial charge on any atom is -0.329 e. The molecule has 3 aliphatic rings. The van der Waals surface area contributed by atoms with Crippen LogP contribution in [0.4, 0.5) is 0 Å². The third-order valence-corrected chi connectivity index (χ3v) is 6.96. The average Bonchev–Trinajstić information content (AvgIpc) is 3.10. The van der Waals surface area contributed by atoms with Gasteiger partial charge in [-0.05, 0) is 69.2 Å². The molecule has 2 saturated carbocycles. The summed E-state index contributed by atoms with van der Waals surface area (Å²) in [5.41, 5.74) is 7.40. The molecule has 1 unspecified atom stereocenters. The molecule has 0 radical (unpaired) electrons. The van der Waals surface area contributed by atoms with Crippen molar-refractivity contribution in [3.8, 4) is 0 Å². The van der Waals surface area contributed by atoms with Crippen molar-refractivity contribution in [1.82, 2.24) is 4.90 Å². The maximum atomic E-state index is 6.33. The Bertz CT molecular complexity index is 320. The fourth-order valence-corrected chi connectivity index (χ4v) is 5.55. The van der Waals surface area contributed by atoms with Crippen LogP contribution in [0.15, 0.2) is 0 Å². The maximum Gasteiger partial charge on any atom is 0.0335 e. The number of nitrogens with two attached hydrogens (primary N) is 1. The lowest BCUT2D eigenvalue weighted by Crippen LogP contribution is -2.59. The van der Waals surface area contributed by atoms with E-state index in [0.29, 0.717) is 5.54 Å². The summed E-state index contributed by atoms with van der Waals surface area (Å²) >= 11 is 0. The Morgan fingerprint density at radius 2 is 1.65 bits per heavy atom. The van der Waals surface area contributed by atoms with E-state index in [-0.39, 0.29) is 0 Å². The van der Waals surface area contributed by atoms with Gasteiger partial charge in [0.05, 0.1) is 0 Å². The monoisotopic (exact) mass is 278 g/mol. The van der Waals surface area contributed by atoms with E-state index in [9.17, 15) is 0 Å². The highest BCUT2D eigenvalue weighted by Crippen LogP contribution is 2.53. The molecule has 2 N–H and O–H groups in total. The summed E-state index contributed by atoms with van der Waals surface area (Å²) in [5, 5.41) is 0. The molecule has 0 aromatic carbocycles. The van der Waals surface area contributed by atoms with Crippen molar-refractivity contribution in [3.05, 3.63) is 0 Å². The van der Waals surface area contributed by atoms with Crippen molar-refractivity contribution in [2.75, 3.05) is 13.1 Å². The summed E-state index contributed by atoms with van der Waals surface area (Å²) in [6.07, 6.45) is 14.4. The van der Waals surface area contributed by atoms with Gasteiger partial charge in [0.25, 0.3) is 0 Å². The van der Waals surface area contributed by atoms with Gasteiger partial charge in [0.1, 0.15) is 0 Å². The molecule has 116 valence electrons. The predicted molar refractivity (Wildman–Crippen MR) is 85.7 cm³/mol. The van der Waals surface area contributed by atoms with Crippen molar-refractivity contribution in [1.29, 1.82) is 0 Å². The molecule has 20 heavy (non-hydrogen) atoms. The second-order valence-electron chi connectivity index (χ2n) is 8.28. The van der Waals surface area contributed by atoms with E-state index in [1.165, 1.54) is 70.8 Å². The first-order chi connectivity index (χ1) is 9.61. The molecular formula is C18H34N2. The van der Waals surface area contributed by atoms with Gasteiger partial charge in [-0.2, -0.15) is 0 Å². The van der Waals surface area contributed by atoms with Gasteiger partial charge in [0.15, 0.2) is 0 Å². The molecule has 1 aliphatic heterocycles. The summed E-state index contributed by atoms with van der Waals surface area (Å²) in [6, 6.07) is 0.788. The number of nitrogens with zero attached hydrogens (tertiary/aromatic N) is 1. The molecule has 3 fully saturated rings. The molecule has 1 heterocycles. The van der Waals surface area contributed by atoms with Gasteiger partial charge >= 0.3 is 0 Å². The van der Waals surface area contributed by atoms with E-state index < -0.39 is 0 Å². The Morgan fingerprint density at radius 1 is 1.00 bits per heavy atom. The van der Waals surface area contributed by atoms with E-state index >= 15 is 0 Å². The van der Waals surface area contributed by atoms with Crippen LogP contribution in [0.3, 0.4) is 0 Å². The summed E-state index contributed by atoms with van der Waals surface area (Å²) < 4.78 is 0. The Morgan fingerprint density at radius 3 is 2.20 bits per heavy atom. The normalized spacial score (nSPS) is 33.3. The maximum absolute atomic E-state index is 6.33. The third kappa shape index (κ3) is 2.43. The summed E-state index contributed by atoms with van der Waals surface area (Å²) in [6.45, 7) is 6.97. The molecule has 2 heteroatoms. The summed E-state index contributed by atoms with van der Waals surface area (Å²) in [7, 11) is 0. The first-order valence-electron chi connectivity index (χ1n) is 9.08. The SMILES string of the molecule is CC(C)C1CCCN1C1(CN)CCC2(CCCC2)CC1. The number of rotatable bonds is 3. The fourth-order valence-electron chi connectivity index (χ4n) is 5.55. The quantitative estimate of drug-likeness (QED) is 0.847. The molecule has 0 aromatic heterocycles. The molecule has 1 atom stereocenters. The van der Waals surface area contributed by atoms with Crippen LogP contribution in [0.5, 0.6) is 0 Å². The number of likely N-dealkylation sites (tertiary alicyclic amines) is 1. The van der Waals surface area contributed by atoms with Crippen LogP contribution in [-0.2, 0) is 0 Å². The lowest BCUT2D eigenvalue weighted by molar-refractivity contribution is -0.00495. The standard InChI is InChI=1S/C18H34N2/c1-15(2)16-6-5-13-20(16)18(14-19)11-9-17(10-12-18)7-3-4-8-17/h15-16H,3-14,19H2,1-2H3. The zero-order chi connectivity index (χ0) is 14.2. The minimum absolute atomic E-state index is 0.347. The topological polar surface area (TPSA) is 29.3 Å². The Balaban J connectivity index is 1.72. The van der Waals surface area contributed by atoms with Gasteiger partial charge in [-0.1, -0.05) is 26.7 Å². The highest BCUT2D eigenvalue weighted by atomic mass is 15.3. The molecule has 0 aromatic rings. The van der Waals surface area contributed by atoms with Gasteiger partial charge < -0.3 is 5.73 Å². The molecule has 1 spiro atoms. The Hall–Kier alpha value is -0.0800. The van der Waals surface area contributed by atoms with E-state index in [0.717, 1.165) is 23.9 Å². The molecule has 3 rings (SSSR count). The molecular weight excluding hydrogens is 244 g/mol. The van der Waals surface area contributed by atoms with E-state index in [4.69, 9.17) is 5.73 Å². The van der Waals surface area contributed by atoms with Gasteiger partial charge in [0, 0.05) is 18.1 Å². The largest absolute Gasteiger partial charge is 0.329 e. The number of hydrogen-bond donors (Lipinski definition) is 1. The molecule has 1 saturated heterocycles. The lowest BCUT2D eigenvalue weighted by Gasteiger charge is -2.52. The zero-order valence-corrected chi connectivity index (χ0v) is 13.7. The second kappa shape index (κ2) is 5.61. The molecule has 2 nitrogen and oxygen atoms in total. The Kier molecular flexibility index (Phi) is 4.16. The van der Waals surface area contributed by atoms with Crippen LogP contribution < -0.4 is 5.73 Å². The highest BCUT2D eigenvalue weighted by molar-refractivity contribution is 5.04. The Labute approximate surface area is 125 Å². The molecule has 0 amide bonds.